The van der Waals surface area contributed by atoms with E-state index >= 15 is 0 Å². The van der Waals surface area contributed by atoms with Crippen LogP contribution in [0.25, 0.3) is 11.3 Å². The van der Waals surface area contributed by atoms with Crippen molar-refractivity contribution in [3.8, 4) is 11.3 Å². The molecular weight excluding hydrogens is 476 g/mol. The lowest BCUT2D eigenvalue weighted by Crippen LogP contribution is -2.28. The van der Waals surface area contributed by atoms with Crippen LogP contribution in [0.5, 0.6) is 0 Å². The Balaban J connectivity index is 1.47. The molecule has 0 radical (unpaired) electrons. The van der Waals surface area contributed by atoms with E-state index in [1.165, 1.54) is 21.2 Å². The molecule has 1 aliphatic rings. The van der Waals surface area contributed by atoms with Crippen LogP contribution in [0, 0.1) is 12.8 Å². The molecule has 35 heavy (non-hydrogen) atoms. The average molecular weight is 501 g/mol. The van der Waals surface area contributed by atoms with Gasteiger partial charge in [-0.1, -0.05) is 74.5 Å². The first-order chi connectivity index (χ1) is 17.0. The molecule has 0 spiro atoms. The fourth-order valence-electron chi connectivity index (χ4n) is 3.66. The van der Waals surface area contributed by atoms with E-state index in [2.05, 4.69) is 39.4 Å². The van der Waals surface area contributed by atoms with Gasteiger partial charge in [0.15, 0.2) is 5.71 Å². The Bertz CT molecular complexity index is 1410. The molecule has 7 nitrogen and oxygen atoms in total. The molecule has 0 bridgehead atoms. The number of hydrazone groups is 2. The summed E-state index contributed by atoms with van der Waals surface area (Å²) in [6, 6.07) is 19.4. The summed E-state index contributed by atoms with van der Waals surface area (Å²) in [5, 5.41) is 13.5. The van der Waals surface area contributed by atoms with Gasteiger partial charge in [0.1, 0.15) is 5.71 Å². The Morgan fingerprint density at radius 1 is 1.00 bits per heavy atom. The number of thiazole rings is 2. The summed E-state index contributed by atoms with van der Waals surface area (Å²) in [6.45, 7) is 6.37. The first kappa shape index (κ1) is 23.1. The number of hydrogen-bond donors (Lipinski definition) is 1. The van der Waals surface area contributed by atoms with Gasteiger partial charge in [0.2, 0.25) is 10.3 Å². The highest BCUT2D eigenvalue weighted by atomic mass is 32.1. The summed E-state index contributed by atoms with van der Waals surface area (Å²) < 4.78 is 0. The second-order valence-electron chi connectivity index (χ2n) is 8.51. The molecule has 0 saturated carbocycles. The van der Waals surface area contributed by atoms with E-state index in [4.69, 9.17) is 0 Å². The van der Waals surface area contributed by atoms with Crippen molar-refractivity contribution in [1.29, 1.82) is 0 Å². The number of aromatic nitrogens is 2. The van der Waals surface area contributed by atoms with E-state index in [1.807, 2.05) is 73.0 Å². The molecule has 176 valence electrons. The van der Waals surface area contributed by atoms with E-state index in [1.54, 1.807) is 11.3 Å². The maximum absolute atomic E-state index is 13.5. The summed E-state index contributed by atoms with van der Waals surface area (Å²) in [6.07, 6.45) is 0.957. The number of anilines is 2. The fourth-order valence-corrected chi connectivity index (χ4v) is 5.56. The molecule has 1 N–H and O–H groups in total. The lowest BCUT2D eigenvalue weighted by Gasteiger charge is -2.06. The van der Waals surface area contributed by atoms with Gasteiger partial charge in [0, 0.05) is 21.4 Å². The second kappa shape index (κ2) is 9.89. The Hall–Kier alpha value is -3.69. The maximum Gasteiger partial charge on any atom is 0.303 e. The van der Waals surface area contributed by atoms with Crippen LogP contribution in [-0.2, 0) is 11.2 Å². The predicted octanol–water partition coefficient (Wildman–Crippen LogP) is 5.99. The molecule has 5 rings (SSSR count). The summed E-state index contributed by atoms with van der Waals surface area (Å²) in [4.78, 5) is 23.9. The third-order valence-corrected chi connectivity index (χ3v) is 7.26. The zero-order valence-electron chi connectivity index (χ0n) is 19.6. The molecule has 0 fully saturated rings. The molecule has 4 aromatic rings. The van der Waals surface area contributed by atoms with Gasteiger partial charge < -0.3 is 0 Å². The van der Waals surface area contributed by atoms with E-state index in [9.17, 15) is 4.79 Å². The molecule has 0 saturated heterocycles. The van der Waals surface area contributed by atoms with E-state index in [-0.39, 0.29) is 11.6 Å². The Morgan fingerprint density at radius 3 is 2.37 bits per heavy atom. The summed E-state index contributed by atoms with van der Waals surface area (Å²) in [7, 11) is 0. The number of benzene rings is 2. The topological polar surface area (TPSA) is 82.8 Å². The van der Waals surface area contributed by atoms with E-state index < -0.39 is 0 Å². The van der Waals surface area contributed by atoms with Gasteiger partial charge in [0.25, 0.3) is 0 Å². The van der Waals surface area contributed by atoms with Crippen LogP contribution in [0.3, 0.4) is 0 Å². The maximum atomic E-state index is 13.5. The van der Waals surface area contributed by atoms with Gasteiger partial charge >= 0.3 is 5.91 Å². The summed E-state index contributed by atoms with van der Waals surface area (Å²) >= 11 is 2.93. The minimum atomic E-state index is -0.332. The van der Waals surface area contributed by atoms with Crippen molar-refractivity contribution in [2.45, 2.75) is 27.2 Å². The molecule has 0 atom stereocenters. The van der Waals surface area contributed by atoms with Crippen LogP contribution in [0.1, 0.15) is 30.0 Å². The number of nitrogens with one attached hydrogen (secondary N) is 1. The van der Waals surface area contributed by atoms with Crippen molar-refractivity contribution >= 4 is 50.3 Å². The van der Waals surface area contributed by atoms with Gasteiger partial charge in [-0.3, -0.25) is 10.2 Å². The molecular formula is C26H24N6OS2. The highest BCUT2D eigenvalue weighted by molar-refractivity contribution is 7.15. The van der Waals surface area contributed by atoms with Crippen molar-refractivity contribution in [1.82, 2.24) is 9.97 Å². The molecule has 1 amide bonds. The minimum Gasteiger partial charge on any atom is -0.265 e. The highest BCUT2D eigenvalue weighted by Crippen LogP contribution is 2.30. The van der Waals surface area contributed by atoms with Crippen molar-refractivity contribution in [2.75, 3.05) is 10.4 Å². The number of nitrogens with zero attached hydrogens (tertiary/aromatic N) is 5. The third kappa shape index (κ3) is 4.91. The van der Waals surface area contributed by atoms with Gasteiger partial charge in [-0.05, 0) is 19.3 Å². The van der Waals surface area contributed by atoms with Crippen LogP contribution in [-0.4, -0.2) is 27.3 Å². The van der Waals surface area contributed by atoms with Gasteiger partial charge in [0.05, 0.1) is 11.4 Å². The lowest BCUT2D eigenvalue weighted by atomic mass is 10.1. The highest BCUT2D eigenvalue weighted by Gasteiger charge is 2.35. The van der Waals surface area contributed by atoms with Crippen LogP contribution >= 0.6 is 22.7 Å². The standard InChI is InChI=1S/C26H24N6OS2/c1-16(2)14-21-17(3)27-25(35-21)30-29-23-22(19-12-8-5-9-13-19)31-32(24(23)33)26-28-20(15-34-26)18-10-6-4-7-11-18/h4-13,15-16H,14H2,1-3H3,(H,27,30). The monoisotopic (exact) mass is 500 g/mol. The normalized spacial score (nSPS) is 14.7. The van der Waals surface area contributed by atoms with Gasteiger partial charge in [-0.25, -0.2) is 9.97 Å². The quantitative estimate of drug-likeness (QED) is 0.316. The average Bonchev–Trinajstić information content (AvgIpc) is 3.56. The van der Waals surface area contributed by atoms with E-state index in [0.29, 0.717) is 21.9 Å². The number of amides is 1. The van der Waals surface area contributed by atoms with Crippen molar-refractivity contribution in [3.05, 3.63) is 82.2 Å². The Kier molecular flexibility index (Phi) is 6.52. The van der Waals surface area contributed by atoms with Gasteiger partial charge in [-0.15, -0.1) is 22.7 Å². The predicted molar refractivity (Wildman–Crippen MR) is 144 cm³/mol. The number of carbonyl (C=O) groups excluding carboxylic acids is 1. The summed E-state index contributed by atoms with van der Waals surface area (Å²) in [5.74, 6) is 0.204. The first-order valence-corrected chi connectivity index (χ1v) is 13.0. The Labute approximate surface area is 211 Å². The van der Waals surface area contributed by atoms with Crippen molar-refractivity contribution in [2.24, 2.45) is 16.1 Å². The minimum absolute atomic E-state index is 0.228. The lowest BCUT2D eigenvalue weighted by molar-refractivity contribution is -0.112. The molecule has 9 heteroatoms. The number of hydrogen-bond acceptors (Lipinski definition) is 8. The van der Waals surface area contributed by atoms with Crippen molar-refractivity contribution in [3.63, 3.8) is 0 Å². The summed E-state index contributed by atoms with van der Waals surface area (Å²) in [5.41, 5.74) is 7.31. The van der Waals surface area contributed by atoms with Crippen LogP contribution in [0.15, 0.2) is 76.2 Å². The van der Waals surface area contributed by atoms with Crippen LogP contribution in [0.4, 0.5) is 10.3 Å². The molecule has 2 aromatic heterocycles. The van der Waals surface area contributed by atoms with Crippen LogP contribution in [0.2, 0.25) is 0 Å². The van der Waals surface area contributed by atoms with Crippen molar-refractivity contribution < 1.29 is 4.79 Å². The van der Waals surface area contributed by atoms with Gasteiger partial charge in [-0.2, -0.15) is 15.2 Å². The molecule has 2 aromatic carbocycles. The molecule has 0 unspecified atom stereocenters. The number of carbonyl (C=O) groups is 1. The molecule has 1 aliphatic heterocycles. The third-order valence-electron chi connectivity index (χ3n) is 5.36. The number of aryl methyl sites for hydroxylation is 1. The largest absolute Gasteiger partial charge is 0.303 e. The smallest absolute Gasteiger partial charge is 0.265 e. The zero-order chi connectivity index (χ0) is 24.4. The van der Waals surface area contributed by atoms with Crippen LogP contribution < -0.4 is 10.4 Å². The molecule has 0 aliphatic carbocycles. The first-order valence-electron chi connectivity index (χ1n) is 11.3. The second-order valence-corrected chi connectivity index (χ2v) is 10.4. The fraction of sp³-hybridized carbons (Fsp3) is 0.192. The Morgan fingerprint density at radius 2 is 1.69 bits per heavy atom. The SMILES string of the molecule is Cc1nc(NN=C2C(=O)N(c3nc(-c4ccccc4)cs3)N=C2c2ccccc2)sc1CC(C)C. The van der Waals surface area contributed by atoms with E-state index in [0.717, 1.165) is 28.9 Å². The zero-order valence-corrected chi connectivity index (χ0v) is 21.2. The number of rotatable bonds is 7. The molecule has 3 heterocycles.